The van der Waals surface area contributed by atoms with E-state index in [1.54, 1.807) is 0 Å². The molecule has 0 aliphatic heterocycles. The smallest absolute Gasteiger partial charge is 0.388 e. The number of hydrogen-bond donors (Lipinski definition) is 6. The normalized spacial score (nSPS) is 19.1. The van der Waals surface area contributed by atoms with Crippen molar-refractivity contribution in [3.8, 4) is 0 Å². The lowest BCUT2D eigenvalue weighted by Gasteiger charge is -2.28. The number of nitrogen functional groups attached to an aromatic ring is 1. The maximum absolute atomic E-state index is 12.0. The van der Waals surface area contributed by atoms with Crippen LogP contribution < -0.4 is 11.4 Å². The van der Waals surface area contributed by atoms with Gasteiger partial charge in [-0.1, -0.05) is 5.11 Å². The van der Waals surface area contributed by atoms with Gasteiger partial charge in [-0.15, -0.1) is 0 Å². The third kappa shape index (κ3) is 11.2. The number of aliphatic hydroxyl groups excluding tert-OH is 1. The summed E-state index contributed by atoms with van der Waals surface area (Å²) in [4.78, 5) is 53.8. The monoisotopic (exact) mass is 552 g/mol. The summed E-state index contributed by atoms with van der Waals surface area (Å²) in [6.07, 6.45) is -3.09. The number of aromatic nitrogens is 2. The molecule has 1 aromatic heterocycles. The predicted octanol–water partition coefficient (Wildman–Crippen LogP) is 0.522. The van der Waals surface area contributed by atoms with E-state index in [0.29, 0.717) is 0 Å². The molecule has 3 unspecified atom stereocenters. The van der Waals surface area contributed by atoms with Crippen LogP contribution >= 0.6 is 23.5 Å². The van der Waals surface area contributed by atoms with Crippen molar-refractivity contribution in [3.63, 3.8) is 0 Å². The van der Waals surface area contributed by atoms with Crippen molar-refractivity contribution in [1.82, 2.24) is 9.55 Å². The molecule has 0 bridgehead atoms. The van der Waals surface area contributed by atoms with Crippen LogP contribution in [0.5, 0.6) is 0 Å². The zero-order chi connectivity index (χ0) is 26.3. The zero-order valence-electron chi connectivity index (χ0n) is 17.5. The van der Waals surface area contributed by atoms with E-state index in [4.69, 9.17) is 30.7 Å². The number of aliphatic hydroxyl groups is 1. The molecular formula is C12H23N6O13P3. The van der Waals surface area contributed by atoms with E-state index in [0.717, 1.165) is 4.57 Å². The van der Waals surface area contributed by atoms with E-state index >= 15 is 0 Å². The number of hydrogen-bond acceptors (Lipinski definition) is 12. The van der Waals surface area contributed by atoms with Crippen LogP contribution in [0.25, 0.3) is 10.4 Å². The highest BCUT2D eigenvalue weighted by Crippen LogP contribution is 2.66. The molecule has 7 N–H and O–H groups in total. The van der Waals surface area contributed by atoms with Crippen molar-refractivity contribution in [2.24, 2.45) is 5.11 Å². The molecule has 194 valence electrons. The second-order valence-electron chi connectivity index (χ2n) is 6.56. The number of phosphoric ester groups is 1. The molecule has 0 aromatic carbocycles. The van der Waals surface area contributed by atoms with Gasteiger partial charge in [0.2, 0.25) is 0 Å². The second-order valence-corrected chi connectivity index (χ2v) is 11.0. The topological polar surface area (TPSA) is 299 Å². The summed E-state index contributed by atoms with van der Waals surface area (Å²) < 4.78 is 51.9. The van der Waals surface area contributed by atoms with Gasteiger partial charge >= 0.3 is 29.2 Å². The molecule has 19 nitrogen and oxygen atoms in total. The molecule has 0 saturated carbocycles. The molecule has 0 aliphatic carbocycles. The van der Waals surface area contributed by atoms with Crippen molar-refractivity contribution < 1.29 is 56.3 Å². The number of rotatable bonds is 14. The van der Waals surface area contributed by atoms with E-state index < -0.39 is 60.2 Å². The first-order chi connectivity index (χ1) is 15.4. The van der Waals surface area contributed by atoms with Gasteiger partial charge in [-0.05, 0) is 31.9 Å². The molecule has 0 fully saturated rings. The summed E-state index contributed by atoms with van der Waals surface area (Å²) in [6, 6.07) is 0.632. The minimum Gasteiger partial charge on any atom is -0.388 e. The fourth-order valence-electron chi connectivity index (χ4n) is 2.45. The average molecular weight is 552 g/mol. The van der Waals surface area contributed by atoms with E-state index in [-0.39, 0.29) is 12.2 Å². The standard InChI is InChI=1S/C12H23N6O13P3/c1-7(18-4-3-11(13)15-12(18)20)5-10(29-8(2)16-17-14)9(19)6-28-33(24,25)31-34(26,27)30-32(21,22)23/h3-4,7-10,19H,5-6H2,1-2H3,(H,24,25)(H,26,27)(H2,13,15,20)(H2,21,22,23)/t7-,8-,9?,10-/m1/s1. The first-order valence-electron chi connectivity index (χ1n) is 8.95. The zero-order valence-corrected chi connectivity index (χ0v) is 20.2. The van der Waals surface area contributed by atoms with Gasteiger partial charge in [0.15, 0.2) is 0 Å². The highest BCUT2D eigenvalue weighted by molar-refractivity contribution is 7.66. The molecule has 0 amide bonds. The minimum absolute atomic E-state index is 0.0331. The third-order valence-electron chi connectivity index (χ3n) is 3.74. The van der Waals surface area contributed by atoms with Gasteiger partial charge in [-0.3, -0.25) is 9.09 Å². The number of nitrogens with two attached hydrogens (primary N) is 1. The molecule has 1 aromatic rings. The van der Waals surface area contributed by atoms with Crippen LogP contribution in [0.2, 0.25) is 0 Å². The van der Waals surface area contributed by atoms with E-state index in [9.17, 15) is 28.5 Å². The molecule has 0 radical (unpaired) electrons. The molecule has 0 aliphatic rings. The number of ether oxygens (including phenoxy) is 1. The molecular weight excluding hydrogens is 529 g/mol. The summed E-state index contributed by atoms with van der Waals surface area (Å²) in [5.41, 5.74) is 13.2. The van der Waals surface area contributed by atoms with Gasteiger partial charge in [0, 0.05) is 17.2 Å². The summed E-state index contributed by atoms with van der Waals surface area (Å²) in [5.74, 6) is -0.0331. The van der Waals surface area contributed by atoms with Gasteiger partial charge < -0.3 is 35.2 Å². The Hall–Kier alpha value is -1.68. The lowest BCUT2D eigenvalue weighted by Crippen LogP contribution is -2.38. The van der Waals surface area contributed by atoms with Crippen LogP contribution in [0, 0.1) is 0 Å². The van der Waals surface area contributed by atoms with Crippen molar-refractivity contribution in [3.05, 3.63) is 33.2 Å². The maximum atomic E-state index is 12.0. The van der Waals surface area contributed by atoms with Crippen molar-refractivity contribution in [1.29, 1.82) is 0 Å². The van der Waals surface area contributed by atoms with E-state index in [1.165, 1.54) is 26.1 Å². The Morgan fingerprint density at radius 3 is 2.35 bits per heavy atom. The lowest BCUT2D eigenvalue weighted by atomic mass is 10.1. The molecule has 34 heavy (non-hydrogen) atoms. The largest absolute Gasteiger partial charge is 0.490 e. The fourth-order valence-corrected chi connectivity index (χ4v) is 5.48. The Bertz CT molecular complexity index is 1090. The van der Waals surface area contributed by atoms with Gasteiger partial charge in [0.05, 0.1) is 12.7 Å². The van der Waals surface area contributed by atoms with Gasteiger partial charge in [-0.25, -0.2) is 18.5 Å². The number of phosphoric acid groups is 3. The number of nitrogens with zero attached hydrogens (tertiary/aromatic N) is 5. The van der Waals surface area contributed by atoms with Crippen LogP contribution in [0.15, 0.2) is 22.2 Å². The van der Waals surface area contributed by atoms with Crippen molar-refractivity contribution >= 4 is 29.3 Å². The van der Waals surface area contributed by atoms with Gasteiger partial charge in [0.25, 0.3) is 0 Å². The highest BCUT2D eigenvalue weighted by Gasteiger charge is 2.41. The molecule has 22 heteroatoms. The second kappa shape index (κ2) is 12.3. The summed E-state index contributed by atoms with van der Waals surface area (Å²) in [7, 11) is -16.8. The minimum atomic E-state index is -5.75. The Morgan fingerprint density at radius 2 is 1.82 bits per heavy atom. The van der Waals surface area contributed by atoms with Gasteiger partial charge in [-0.2, -0.15) is 13.6 Å². The van der Waals surface area contributed by atoms with Crippen LogP contribution in [0.4, 0.5) is 5.82 Å². The number of azide groups is 1. The Kier molecular flexibility index (Phi) is 11.0. The summed E-state index contributed by atoms with van der Waals surface area (Å²) >= 11 is 0. The highest BCUT2D eigenvalue weighted by atomic mass is 31.3. The lowest BCUT2D eigenvalue weighted by molar-refractivity contribution is -0.0902. The van der Waals surface area contributed by atoms with Crippen molar-refractivity contribution in [2.45, 2.75) is 44.7 Å². The molecule has 0 spiro atoms. The molecule has 1 rings (SSSR count). The third-order valence-corrected chi connectivity index (χ3v) is 7.54. The molecule has 1 heterocycles. The van der Waals surface area contributed by atoms with Gasteiger partial charge in [0.1, 0.15) is 18.1 Å². The fraction of sp³-hybridized carbons (Fsp3) is 0.667. The van der Waals surface area contributed by atoms with Crippen LogP contribution in [0.1, 0.15) is 26.3 Å². The SMILES string of the molecule is C[C@H](N=[N+]=[N-])O[C@H](C[C@@H](C)n1ccc(N)nc1=O)C(O)COP(=O)(O)OP(=O)(O)OP(=O)(O)O. The quantitative estimate of drug-likeness (QED) is 0.0793. The Labute approximate surface area is 191 Å². The first kappa shape index (κ1) is 30.4. The van der Waals surface area contributed by atoms with Crippen molar-refractivity contribution in [2.75, 3.05) is 12.3 Å². The van der Waals surface area contributed by atoms with E-state index in [2.05, 4.69) is 28.2 Å². The summed E-state index contributed by atoms with van der Waals surface area (Å²) in [5, 5.41) is 13.7. The molecule has 6 atom stereocenters. The maximum Gasteiger partial charge on any atom is 0.490 e. The van der Waals surface area contributed by atoms with Crippen LogP contribution in [-0.2, 0) is 31.6 Å². The Morgan fingerprint density at radius 1 is 1.21 bits per heavy atom. The Balaban J connectivity index is 2.97. The first-order valence-corrected chi connectivity index (χ1v) is 13.5. The average Bonchev–Trinajstić information content (AvgIpc) is 2.62. The molecule has 0 saturated heterocycles. The van der Waals surface area contributed by atoms with Crippen LogP contribution in [-0.4, -0.2) is 59.3 Å². The van der Waals surface area contributed by atoms with E-state index in [1.807, 2.05) is 0 Å². The van der Waals surface area contributed by atoms with Crippen LogP contribution in [0.3, 0.4) is 0 Å². The summed E-state index contributed by atoms with van der Waals surface area (Å²) in [6.45, 7) is 1.76. The predicted molar refractivity (Wildman–Crippen MR) is 112 cm³/mol. The number of anilines is 1.